The van der Waals surface area contributed by atoms with Gasteiger partial charge in [0.15, 0.2) is 0 Å². The zero-order chi connectivity index (χ0) is 15.2. The molecule has 1 N–H and O–H groups in total. The first-order valence-corrected chi connectivity index (χ1v) is 6.39. The van der Waals surface area contributed by atoms with E-state index >= 15 is 0 Å². The van der Waals surface area contributed by atoms with Crippen molar-refractivity contribution >= 4 is 5.97 Å². The number of rotatable bonds is 3. The van der Waals surface area contributed by atoms with Crippen LogP contribution in [-0.2, 0) is 0 Å². The van der Waals surface area contributed by atoms with Gasteiger partial charge in [-0.1, -0.05) is 30.3 Å². The summed E-state index contributed by atoms with van der Waals surface area (Å²) in [5.74, 6) is -5.25. The van der Waals surface area contributed by atoms with Gasteiger partial charge in [0, 0.05) is 6.42 Å². The molecule has 1 saturated carbocycles. The van der Waals surface area contributed by atoms with E-state index in [-0.39, 0.29) is 12.0 Å². The van der Waals surface area contributed by atoms with E-state index in [1.165, 1.54) is 12.1 Å². The molecule has 2 nitrogen and oxygen atoms in total. The van der Waals surface area contributed by atoms with Crippen LogP contribution in [0.5, 0.6) is 0 Å². The number of hydrogen-bond donors (Lipinski definition) is 1. The van der Waals surface area contributed by atoms with E-state index in [2.05, 4.69) is 0 Å². The Balaban J connectivity index is 1.96. The molecule has 0 saturated heterocycles. The monoisotopic (exact) mass is 292 g/mol. The molecular weight excluding hydrogens is 281 g/mol. The maximum Gasteiger partial charge on any atom is 0.336 e. The minimum absolute atomic E-state index is 0.150. The number of alkyl halides is 2. The molecule has 1 fully saturated rings. The summed E-state index contributed by atoms with van der Waals surface area (Å²) >= 11 is 0. The lowest BCUT2D eigenvalue weighted by molar-refractivity contribution is 0.0697. The predicted octanol–water partition coefficient (Wildman–Crippen LogP) is 4.31. The molecule has 2 aromatic rings. The van der Waals surface area contributed by atoms with E-state index in [1.54, 1.807) is 24.3 Å². The quantitative estimate of drug-likeness (QED) is 0.915. The summed E-state index contributed by atoms with van der Waals surface area (Å²) in [6.07, 6.45) is -0.150. The SMILES string of the molecule is O=C(O)c1cc(F)ccc1-c1ccc(C2CC2(F)F)cc1. The van der Waals surface area contributed by atoms with Crippen molar-refractivity contribution in [1.29, 1.82) is 0 Å². The van der Waals surface area contributed by atoms with Crippen LogP contribution >= 0.6 is 0 Å². The molecule has 21 heavy (non-hydrogen) atoms. The van der Waals surface area contributed by atoms with Crippen LogP contribution in [-0.4, -0.2) is 17.0 Å². The van der Waals surface area contributed by atoms with Crippen molar-refractivity contribution in [1.82, 2.24) is 0 Å². The second kappa shape index (κ2) is 4.62. The van der Waals surface area contributed by atoms with Crippen molar-refractivity contribution < 1.29 is 23.1 Å². The largest absolute Gasteiger partial charge is 0.478 e. The summed E-state index contributed by atoms with van der Waals surface area (Å²) in [5.41, 5.74) is 1.29. The Bertz CT molecular complexity index is 708. The van der Waals surface area contributed by atoms with Crippen molar-refractivity contribution in [2.45, 2.75) is 18.3 Å². The summed E-state index contributed by atoms with van der Waals surface area (Å²) in [7, 11) is 0. The topological polar surface area (TPSA) is 37.3 Å². The van der Waals surface area contributed by atoms with Crippen LogP contribution < -0.4 is 0 Å². The van der Waals surface area contributed by atoms with Gasteiger partial charge in [-0.15, -0.1) is 0 Å². The Morgan fingerprint density at radius 1 is 1.14 bits per heavy atom. The molecule has 0 amide bonds. The van der Waals surface area contributed by atoms with Crippen LogP contribution in [0.15, 0.2) is 42.5 Å². The van der Waals surface area contributed by atoms with Crippen LogP contribution in [0, 0.1) is 5.82 Å². The molecule has 0 heterocycles. The van der Waals surface area contributed by atoms with Gasteiger partial charge in [-0.05, 0) is 28.8 Å². The maximum atomic E-state index is 13.1. The molecule has 0 aromatic heterocycles. The lowest BCUT2D eigenvalue weighted by atomic mass is 9.97. The smallest absolute Gasteiger partial charge is 0.336 e. The van der Waals surface area contributed by atoms with Gasteiger partial charge in [0.1, 0.15) is 5.82 Å². The van der Waals surface area contributed by atoms with E-state index in [1.807, 2.05) is 0 Å². The summed E-state index contributed by atoms with van der Waals surface area (Å²) in [5, 5.41) is 9.11. The number of benzene rings is 2. The molecule has 5 heteroatoms. The first-order valence-electron chi connectivity index (χ1n) is 6.39. The van der Waals surface area contributed by atoms with Gasteiger partial charge in [-0.3, -0.25) is 0 Å². The zero-order valence-corrected chi connectivity index (χ0v) is 10.8. The van der Waals surface area contributed by atoms with E-state index in [9.17, 15) is 18.0 Å². The molecule has 0 radical (unpaired) electrons. The van der Waals surface area contributed by atoms with Crippen molar-refractivity contribution in [2.24, 2.45) is 0 Å². The number of aromatic carboxylic acids is 1. The molecule has 1 aliphatic rings. The Morgan fingerprint density at radius 2 is 1.76 bits per heavy atom. The van der Waals surface area contributed by atoms with E-state index < -0.39 is 23.6 Å². The van der Waals surface area contributed by atoms with Crippen molar-refractivity contribution in [3.8, 4) is 11.1 Å². The van der Waals surface area contributed by atoms with Crippen LogP contribution in [0.4, 0.5) is 13.2 Å². The summed E-state index contributed by atoms with van der Waals surface area (Å²) in [6.45, 7) is 0. The molecule has 0 spiro atoms. The highest BCUT2D eigenvalue weighted by molar-refractivity contribution is 5.96. The van der Waals surface area contributed by atoms with Gasteiger partial charge >= 0.3 is 5.97 Å². The fourth-order valence-electron chi connectivity index (χ4n) is 2.42. The fourth-order valence-corrected chi connectivity index (χ4v) is 2.42. The average Bonchev–Trinajstić information content (AvgIpc) is 3.08. The van der Waals surface area contributed by atoms with Gasteiger partial charge in [-0.2, -0.15) is 0 Å². The van der Waals surface area contributed by atoms with Gasteiger partial charge in [0.25, 0.3) is 5.92 Å². The Kier molecular flexibility index (Phi) is 3.01. The van der Waals surface area contributed by atoms with E-state index in [0.29, 0.717) is 16.7 Å². The fraction of sp³-hybridized carbons (Fsp3) is 0.188. The number of carboxylic acids is 1. The van der Waals surface area contributed by atoms with Gasteiger partial charge in [0.05, 0.1) is 11.5 Å². The number of halogens is 3. The predicted molar refractivity (Wildman–Crippen MR) is 71.1 cm³/mol. The maximum absolute atomic E-state index is 13.1. The van der Waals surface area contributed by atoms with Crippen molar-refractivity contribution in [3.05, 3.63) is 59.4 Å². The van der Waals surface area contributed by atoms with Crippen molar-refractivity contribution in [3.63, 3.8) is 0 Å². The molecular formula is C16H11F3O2. The van der Waals surface area contributed by atoms with Crippen LogP contribution in [0.1, 0.15) is 28.3 Å². The van der Waals surface area contributed by atoms with Gasteiger partial charge in [-0.25, -0.2) is 18.0 Å². The van der Waals surface area contributed by atoms with Crippen molar-refractivity contribution in [2.75, 3.05) is 0 Å². The summed E-state index contributed by atoms with van der Waals surface area (Å²) < 4.78 is 39.1. The summed E-state index contributed by atoms with van der Waals surface area (Å²) in [6, 6.07) is 9.80. The van der Waals surface area contributed by atoms with Crippen LogP contribution in [0.3, 0.4) is 0 Å². The molecule has 3 rings (SSSR count). The Morgan fingerprint density at radius 3 is 2.29 bits per heavy atom. The third kappa shape index (κ3) is 2.51. The second-order valence-electron chi connectivity index (χ2n) is 5.13. The van der Waals surface area contributed by atoms with Gasteiger partial charge < -0.3 is 5.11 Å². The number of carboxylic acid groups (broad SMARTS) is 1. The minimum Gasteiger partial charge on any atom is -0.478 e. The van der Waals surface area contributed by atoms with Crippen LogP contribution in [0.25, 0.3) is 11.1 Å². The summed E-state index contributed by atoms with van der Waals surface area (Å²) in [4.78, 5) is 11.2. The highest BCUT2D eigenvalue weighted by Crippen LogP contribution is 2.55. The second-order valence-corrected chi connectivity index (χ2v) is 5.13. The third-order valence-corrected chi connectivity index (χ3v) is 3.66. The van der Waals surface area contributed by atoms with Crippen LogP contribution in [0.2, 0.25) is 0 Å². The van der Waals surface area contributed by atoms with Gasteiger partial charge in [0.2, 0.25) is 0 Å². The molecule has 1 atom stereocenters. The number of carbonyl (C=O) groups is 1. The lowest BCUT2D eigenvalue weighted by Crippen LogP contribution is -2.00. The Hall–Kier alpha value is -2.30. The molecule has 0 aliphatic heterocycles. The molecule has 0 bridgehead atoms. The van der Waals surface area contributed by atoms with E-state index in [4.69, 9.17) is 5.11 Å². The van der Waals surface area contributed by atoms with E-state index in [0.717, 1.165) is 6.07 Å². The number of hydrogen-bond acceptors (Lipinski definition) is 1. The minimum atomic E-state index is -2.64. The standard InChI is InChI=1S/C16H11F3O2/c17-11-5-6-12(13(7-11)15(20)21)9-1-3-10(4-2-9)14-8-16(14,18)19/h1-7,14H,8H2,(H,20,21). The zero-order valence-electron chi connectivity index (χ0n) is 10.8. The lowest BCUT2D eigenvalue weighted by Gasteiger charge is -2.08. The third-order valence-electron chi connectivity index (χ3n) is 3.66. The molecule has 108 valence electrons. The normalized spacial score (nSPS) is 19.3. The first kappa shape index (κ1) is 13.7. The highest BCUT2D eigenvalue weighted by atomic mass is 19.3. The first-order chi connectivity index (χ1) is 9.88. The molecule has 1 aliphatic carbocycles. The molecule has 2 aromatic carbocycles. The Labute approximate surface area is 118 Å². The molecule has 1 unspecified atom stereocenters. The average molecular weight is 292 g/mol. The highest BCUT2D eigenvalue weighted by Gasteiger charge is 2.57.